The summed E-state index contributed by atoms with van der Waals surface area (Å²) in [7, 11) is 0. The summed E-state index contributed by atoms with van der Waals surface area (Å²) in [5.41, 5.74) is -2.61. The first-order valence-electron chi connectivity index (χ1n) is 7.90. The highest BCUT2D eigenvalue weighted by Gasteiger charge is 2.68. The molecule has 3 aliphatic carbocycles. The molecular formula is C15H20F3NO2. The second-order valence-corrected chi connectivity index (χ2v) is 7.37. The van der Waals surface area contributed by atoms with E-state index in [4.69, 9.17) is 0 Å². The molecule has 1 N–H and O–H groups in total. The third kappa shape index (κ3) is 1.87. The van der Waals surface area contributed by atoms with Crippen molar-refractivity contribution >= 4 is 5.91 Å². The van der Waals surface area contributed by atoms with Gasteiger partial charge in [-0.25, -0.2) is 0 Å². The molecule has 4 rings (SSSR count). The lowest BCUT2D eigenvalue weighted by Gasteiger charge is -2.39. The minimum absolute atomic E-state index is 0.0279. The summed E-state index contributed by atoms with van der Waals surface area (Å²) in [6.45, 7) is 0.0558. The molecular weight excluding hydrogens is 283 g/mol. The van der Waals surface area contributed by atoms with E-state index in [-0.39, 0.29) is 24.9 Å². The fourth-order valence-electron chi connectivity index (χ4n) is 5.25. The molecule has 1 amide bonds. The van der Waals surface area contributed by atoms with Crippen molar-refractivity contribution in [2.24, 2.45) is 29.6 Å². The number of likely N-dealkylation sites (tertiary alicyclic amines) is 1. The number of piperidine rings is 1. The van der Waals surface area contributed by atoms with E-state index in [2.05, 4.69) is 0 Å². The Morgan fingerprint density at radius 3 is 2.10 bits per heavy atom. The molecule has 0 radical (unpaired) electrons. The zero-order valence-electron chi connectivity index (χ0n) is 11.8. The SMILES string of the molecule is O=C(C1C2C3CCC(C3)C12)N1CCC(O)(C(F)(F)F)CC1. The van der Waals surface area contributed by atoms with Gasteiger partial charge in [-0.15, -0.1) is 0 Å². The van der Waals surface area contributed by atoms with Crippen molar-refractivity contribution in [1.29, 1.82) is 0 Å². The molecule has 4 atom stereocenters. The molecule has 3 nitrogen and oxygen atoms in total. The number of halogens is 3. The van der Waals surface area contributed by atoms with Gasteiger partial charge in [0.2, 0.25) is 5.91 Å². The standard InChI is InChI=1S/C15H20F3NO2/c16-15(17,18)14(21)3-5-19(6-4-14)13(20)12-10-8-1-2-9(7-8)11(10)12/h8-12,21H,1-7H2. The molecule has 21 heavy (non-hydrogen) atoms. The van der Waals surface area contributed by atoms with Gasteiger partial charge in [-0.2, -0.15) is 13.2 Å². The third-order valence-electron chi connectivity index (χ3n) is 6.45. The zero-order chi connectivity index (χ0) is 15.0. The quantitative estimate of drug-likeness (QED) is 0.807. The molecule has 4 aliphatic rings. The van der Waals surface area contributed by atoms with Crippen molar-refractivity contribution in [3.05, 3.63) is 0 Å². The Morgan fingerprint density at radius 1 is 1.10 bits per heavy atom. The highest BCUT2D eigenvalue weighted by Crippen LogP contribution is 2.69. The maximum absolute atomic E-state index is 12.8. The minimum Gasteiger partial charge on any atom is -0.380 e. The van der Waals surface area contributed by atoms with Crippen molar-refractivity contribution in [1.82, 2.24) is 4.90 Å². The molecule has 4 unspecified atom stereocenters. The van der Waals surface area contributed by atoms with Crippen LogP contribution in [0.5, 0.6) is 0 Å². The highest BCUT2D eigenvalue weighted by atomic mass is 19.4. The number of amides is 1. The monoisotopic (exact) mass is 303 g/mol. The fraction of sp³-hybridized carbons (Fsp3) is 0.933. The molecule has 0 spiro atoms. The van der Waals surface area contributed by atoms with Gasteiger partial charge < -0.3 is 10.0 Å². The van der Waals surface area contributed by atoms with Crippen molar-refractivity contribution in [3.63, 3.8) is 0 Å². The van der Waals surface area contributed by atoms with Crippen molar-refractivity contribution in [2.45, 2.75) is 43.9 Å². The first-order chi connectivity index (χ1) is 9.82. The van der Waals surface area contributed by atoms with E-state index >= 15 is 0 Å². The lowest BCUT2D eigenvalue weighted by molar-refractivity contribution is -0.272. The average molecular weight is 303 g/mol. The minimum atomic E-state index is -4.60. The zero-order valence-corrected chi connectivity index (χ0v) is 11.8. The molecule has 118 valence electrons. The maximum atomic E-state index is 12.8. The summed E-state index contributed by atoms with van der Waals surface area (Å²) < 4.78 is 38.3. The van der Waals surface area contributed by atoms with E-state index in [9.17, 15) is 23.1 Å². The van der Waals surface area contributed by atoms with Gasteiger partial charge in [0.15, 0.2) is 5.60 Å². The predicted molar refractivity (Wildman–Crippen MR) is 68.1 cm³/mol. The Kier molecular flexibility index (Phi) is 2.74. The number of aliphatic hydroxyl groups is 1. The predicted octanol–water partition coefficient (Wildman–Crippen LogP) is 2.19. The Hall–Kier alpha value is -0.780. The first-order valence-corrected chi connectivity index (χ1v) is 7.90. The molecule has 1 heterocycles. The number of carbonyl (C=O) groups is 1. The Bertz CT molecular complexity index is 454. The van der Waals surface area contributed by atoms with Crippen LogP contribution < -0.4 is 0 Å². The van der Waals surface area contributed by atoms with Crippen LogP contribution in [0.4, 0.5) is 13.2 Å². The van der Waals surface area contributed by atoms with Gasteiger partial charge in [0, 0.05) is 31.8 Å². The van der Waals surface area contributed by atoms with E-state index in [0.717, 1.165) is 0 Å². The topological polar surface area (TPSA) is 40.5 Å². The lowest BCUT2D eigenvalue weighted by Crippen LogP contribution is -2.54. The second-order valence-electron chi connectivity index (χ2n) is 7.37. The molecule has 1 aliphatic heterocycles. The normalized spacial score (nSPS) is 43.8. The van der Waals surface area contributed by atoms with Crippen LogP contribution in [-0.4, -0.2) is 40.8 Å². The van der Waals surface area contributed by atoms with E-state index in [0.29, 0.717) is 23.7 Å². The summed E-state index contributed by atoms with van der Waals surface area (Å²) in [5, 5.41) is 9.65. The number of carbonyl (C=O) groups excluding carboxylic acids is 1. The maximum Gasteiger partial charge on any atom is 0.417 e. The van der Waals surface area contributed by atoms with E-state index in [1.165, 1.54) is 19.3 Å². The largest absolute Gasteiger partial charge is 0.417 e. The van der Waals surface area contributed by atoms with Crippen molar-refractivity contribution in [3.8, 4) is 0 Å². The third-order valence-corrected chi connectivity index (χ3v) is 6.45. The van der Waals surface area contributed by atoms with Gasteiger partial charge in [-0.3, -0.25) is 4.79 Å². The van der Waals surface area contributed by atoms with Crippen LogP contribution in [-0.2, 0) is 4.79 Å². The van der Waals surface area contributed by atoms with Crippen LogP contribution in [0.15, 0.2) is 0 Å². The van der Waals surface area contributed by atoms with Gasteiger partial charge in [0.1, 0.15) is 0 Å². The van der Waals surface area contributed by atoms with Crippen LogP contribution in [0.25, 0.3) is 0 Å². The lowest BCUT2D eigenvalue weighted by atomic mass is 9.90. The smallest absolute Gasteiger partial charge is 0.380 e. The first kappa shape index (κ1) is 13.9. The summed E-state index contributed by atoms with van der Waals surface area (Å²) in [5.74, 6) is 2.52. The number of alkyl halides is 3. The molecule has 0 aromatic rings. The van der Waals surface area contributed by atoms with Gasteiger partial charge in [0.25, 0.3) is 0 Å². The molecule has 1 saturated heterocycles. The van der Waals surface area contributed by atoms with Crippen LogP contribution in [0.3, 0.4) is 0 Å². The Labute approximate surface area is 121 Å². The van der Waals surface area contributed by atoms with Crippen molar-refractivity contribution in [2.75, 3.05) is 13.1 Å². The van der Waals surface area contributed by atoms with Crippen molar-refractivity contribution < 1.29 is 23.1 Å². The Morgan fingerprint density at radius 2 is 1.62 bits per heavy atom. The molecule has 4 fully saturated rings. The van der Waals surface area contributed by atoms with E-state index in [1.54, 1.807) is 4.90 Å². The van der Waals surface area contributed by atoms with Crippen LogP contribution in [0.1, 0.15) is 32.1 Å². The molecule has 0 aromatic heterocycles. The summed E-state index contributed by atoms with van der Waals surface area (Å²) in [6, 6.07) is 0. The number of hydrogen-bond donors (Lipinski definition) is 1. The van der Waals surface area contributed by atoms with Gasteiger partial charge in [-0.1, -0.05) is 0 Å². The average Bonchev–Trinajstić information content (AvgIpc) is 2.85. The Balaban J connectivity index is 1.38. The van der Waals surface area contributed by atoms with Crippen LogP contribution >= 0.6 is 0 Å². The fourth-order valence-corrected chi connectivity index (χ4v) is 5.25. The number of fused-ring (bicyclic) bond motifs is 5. The van der Waals surface area contributed by atoms with Gasteiger partial charge in [-0.05, 0) is 42.9 Å². The second kappa shape index (κ2) is 4.15. The van der Waals surface area contributed by atoms with Gasteiger partial charge >= 0.3 is 6.18 Å². The van der Waals surface area contributed by atoms with Crippen LogP contribution in [0.2, 0.25) is 0 Å². The summed E-state index contributed by atoms with van der Waals surface area (Å²) in [6.07, 6.45) is -1.68. The molecule has 0 aromatic carbocycles. The molecule has 2 bridgehead atoms. The number of rotatable bonds is 1. The molecule has 6 heteroatoms. The van der Waals surface area contributed by atoms with E-state index in [1.807, 2.05) is 0 Å². The molecule has 3 saturated carbocycles. The van der Waals surface area contributed by atoms with Gasteiger partial charge in [0.05, 0.1) is 0 Å². The highest BCUT2D eigenvalue weighted by molar-refractivity contribution is 5.83. The van der Waals surface area contributed by atoms with Crippen LogP contribution in [0, 0.1) is 29.6 Å². The van der Waals surface area contributed by atoms with E-state index < -0.39 is 24.6 Å². The summed E-state index contributed by atoms with van der Waals surface area (Å²) >= 11 is 0. The number of nitrogens with zero attached hydrogens (tertiary/aromatic N) is 1. The number of hydrogen-bond acceptors (Lipinski definition) is 2. The summed E-state index contributed by atoms with van der Waals surface area (Å²) in [4.78, 5) is 14.1.